The maximum absolute atomic E-state index is 14.3. The van der Waals surface area contributed by atoms with Crippen LogP contribution in [0.4, 0.5) is 28.5 Å². The van der Waals surface area contributed by atoms with E-state index in [0.717, 1.165) is 29.7 Å². The first kappa shape index (κ1) is 17.1. The average Bonchev–Trinajstić information content (AvgIpc) is 2.86. The first-order valence-corrected chi connectivity index (χ1v) is 7.67. The van der Waals surface area contributed by atoms with Gasteiger partial charge in [-0.3, -0.25) is 4.79 Å². The molecule has 0 aliphatic carbocycles. The zero-order valence-corrected chi connectivity index (χ0v) is 13.4. The lowest BCUT2D eigenvalue weighted by molar-refractivity contribution is -0.137. The van der Waals surface area contributed by atoms with E-state index in [0.29, 0.717) is 4.70 Å². The fourth-order valence-electron chi connectivity index (χ4n) is 2.22. The lowest BCUT2D eigenvalue weighted by Crippen LogP contribution is -2.10. The van der Waals surface area contributed by atoms with E-state index in [1.165, 1.54) is 13.0 Å². The second-order valence-electron chi connectivity index (χ2n) is 5.15. The van der Waals surface area contributed by atoms with E-state index >= 15 is 0 Å². The molecular weight excluding hydrogens is 360 g/mol. The molecule has 0 fully saturated rings. The van der Waals surface area contributed by atoms with E-state index in [9.17, 15) is 22.4 Å². The molecule has 0 aliphatic rings. The minimum Gasteiger partial charge on any atom is -0.383 e. The molecule has 0 spiro atoms. The first-order chi connectivity index (χ1) is 11.6. The Hall–Kier alpha value is -2.75. The van der Waals surface area contributed by atoms with Crippen LogP contribution in [0.3, 0.4) is 0 Å². The van der Waals surface area contributed by atoms with Gasteiger partial charge in [0.1, 0.15) is 11.6 Å². The van der Waals surface area contributed by atoms with Crippen molar-refractivity contribution in [3.8, 4) is 11.1 Å². The van der Waals surface area contributed by atoms with Gasteiger partial charge < -0.3 is 11.1 Å². The molecule has 0 saturated carbocycles. The third kappa shape index (κ3) is 3.38. The number of hydrogen-bond acceptors (Lipinski definition) is 5. The molecule has 0 bridgehead atoms. The van der Waals surface area contributed by atoms with Gasteiger partial charge in [-0.15, -0.1) is 0 Å². The monoisotopic (exact) mass is 370 g/mol. The van der Waals surface area contributed by atoms with E-state index in [4.69, 9.17) is 5.73 Å². The minimum absolute atomic E-state index is 0.0598. The van der Waals surface area contributed by atoms with E-state index in [-0.39, 0.29) is 27.7 Å². The van der Waals surface area contributed by atoms with Gasteiger partial charge in [0.05, 0.1) is 15.8 Å². The Balaban J connectivity index is 2.12. The Morgan fingerprint density at radius 1 is 1.28 bits per heavy atom. The number of fused-ring (bicyclic) bond motifs is 1. The second kappa shape index (κ2) is 5.96. The number of hydrogen-bond donors (Lipinski definition) is 2. The summed E-state index contributed by atoms with van der Waals surface area (Å²) >= 11 is 1.08. The highest BCUT2D eigenvalue weighted by atomic mass is 32.1. The lowest BCUT2D eigenvalue weighted by atomic mass is 10.0. The summed E-state index contributed by atoms with van der Waals surface area (Å²) in [5, 5.41) is 2.75. The highest BCUT2D eigenvalue weighted by Gasteiger charge is 2.34. The number of rotatable bonds is 2. The highest BCUT2D eigenvalue weighted by molar-refractivity contribution is 7.22. The Morgan fingerprint density at radius 2 is 2.00 bits per heavy atom. The summed E-state index contributed by atoms with van der Waals surface area (Å²) in [6, 6.07) is 3.21. The van der Waals surface area contributed by atoms with Crippen molar-refractivity contribution in [1.29, 1.82) is 0 Å². The molecule has 0 radical (unpaired) electrons. The highest BCUT2D eigenvalue weighted by Crippen LogP contribution is 2.37. The molecule has 2 heterocycles. The van der Waals surface area contributed by atoms with Crippen LogP contribution >= 0.6 is 11.3 Å². The molecule has 25 heavy (non-hydrogen) atoms. The van der Waals surface area contributed by atoms with Crippen molar-refractivity contribution in [3.05, 3.63) is 35.8 Å². The summed E-state index contributed by atoms with van der Waals surface area (Å²) in [7, 11) is 0. The Morgan fingerprint density at radius 3 is 2.64 bits per heavy atom. The number of carbonyl (C=O) groups excluding carboxylic acids is 1. The smallest absolute Gasteiger partial charge is 0.383 e. The fourth-order valence-corrected chi connectivity index (χ4v) is 3.16. The number of anilines is 2. The van der Waals surface area contributed by atoms with Gasteiger partial charge in [0, 0.05) is 30.3 Å². The Bertz CT molecular complexity index is 984. The molecule has 10 heteroatoms. The molecule has 2 aromatic heterocycles. The van der Waals surface area contributed by atoms with Crippen molar-refractivity contribution in [3.63, 3.8) is 0 Å². The van der Waals surface area contributed by atoms with Crippen molar-refractivity contribution in [2.75, 3.05) is 11.1 Å². The number of amides is 1. The van der Waals surface area contributed by atoms with Gasteiger partial charge in [0.15, 0.2) is 5.13 Å². The van der Waals surface area contributed by atoms with Crippen LogP contribution in [-0.2, 0) is 11.0 Å². The molecular formula is C15H10F4N4OS. The molecule has 1 amide bonds. The van der Waals surface area contributed by atoms with Crippen molar-refractivity contribution in [1.82, 2.24) is 9.97 Å². The number of nitrogen functional groups attached to an aromatic ring is 1. The predicted molar refractivity (Wildman–Crippen MR) is 86.5 cm³/mol. The Kier molecular flexibility index (Phi) is 4.07. The molecule has 3 aromatic rings. The van der Waals surface area contributed by atoms with Gasteiger partial charge in [-0.1, -0.05) is 11.3 Å². The van der Waals surface area contributed by atoms with Crippen LogP contribution in [0, 0.1) is 5.82 Å². The van der Waals surface area contributed by atoms with E-state index in [2.05, 4.69) is 15.3 Å². The van der Waals surface area contributed by atoms with E-state index in [1.807, 2.05) is 0 Å². The second-order valence-corrected chi connectivity index (χ2v) is 6.19. The van der Waals surface area contributed by atoms with Gasteiger partial charge in [-0.2, -0.15) is 13.2 Å². The number of nitrogens with zero attached hydrogens (tertiary/aromatic N) is 2. The van der Waals surface area contributed by atoms with Crippen LogP contribution in [0.15, 0.2) is 24.4 Å². The van der Waals surface area contributed by atoms with E-state index in [1.54, 1.807) is 0 Å². The summed E-state index contributed by atoms with van der Waals surface area (Å²) < 4.78 is 53.7. The average molecular weight is 370 g/mol. The predicted octanol–water partition coefficient (Wildman–Crippen LogP) is 4.06. The summed E-state index contributed by atoms with van der Waals surface area (Å²) in [5.41, 5.74) is 4.29. The number of benzene rings is 1. The van der Waals surface area contributed by atoms with Crippen molar-refractivity contribution in [2.24, 2.45) is 0 Å². The number of thiazole rings is 1. The fraction of sp³-hybridized carbons (Fsp3) is 0.133. The third-order valence-corrected chi connectivity index (χ3v) is 4.23. The molecule has 5 nitrogen and oxygen atoms in total. The van der Waals surface area contributed by atoms with Crippen molar-refractivity contribution in [2.45, 2.75) is 13.1 Å². The summed E-state index contributed by atoms with van der Waals surface area (Å²) in [4.78, 5) is 18.6. The number of halogens is 4. The Labute approximate surface area is 142 Å². The SMILES string of the molecule is CC(=O)Nc1nc2cc(F)c(-c3cnc(N)c(C(F)(F)F)c3)cc2s1. The van der Waals surface area contributed by atoms with Crippen LogP contribution in [0.2, 0.25) is 0 Å². The van der Waals surface area contributed by atoms with Crippen LogP contribution < -0.4 is 11.1 Å². The minimum atomic E-state index is -4.70. The number of pyridine rings is 1. The number of nitrogens with two attached hydrogens (primary N) is 1. The maximum atomic E-state index is 14.3. The number of carbonyl (C=O) groups is 1. The number of alkyl halides is 3. The molecule has 0 aliphatic heterocycles. The number of nitrogens with one attached hydrogen (secondary N) is 1. The molecule has 3 N–H and O–H groups in total. The van der Waals surface area contributed by atoms with Crippen LogP contribution in [0.5, 0.6) is 0 Å². The molecule has 3 rings (SSSR count). The molecule has 130 valence electrons. The molecule has 0 atom stereocenters. The quantitative estimate of drug-likeness (QED) is 0.667. The van der Waals surface area contributed by atoms with Crippen LogP contribution in [0.1, 0.15) is 12.5 Å². The summed E-state index contributed by atoms with van der Waals surface area (Å²) in [5.74, 6) is -1.77. The number of aromatic nitrogens is 2. The van der Waals surface area contributed by atoms with E-state index < -0.39 is 23.4 Å². The lowest BCUT2D eigenvalue weighted by Gasteiger charge is -2.11. The molecule has 0 unspecified atom stereocenters. The molecule has 1 aromatic carbocycles. The summed E-state index contributed by atoms with van der Waals surface area (Å²) in [6.45, 7) is 1.30. The van der Waals surface area contributed by atoms with Crippen molar-refractivity contribution < 1.29 is 22.4 Å². The van der Waals surface area contributed by atoms with Gasteiger partial charge in [-0.05, 0) is 12.1 Å². The zero-order chi connectivity index (χ0) is 18.4. The van der Waals surface area contributed by atoms with Crippen LogP contribution in [0.25, 0.3) is 21.3 Å². The van der Waals surface area contributed by atoms with Gasteiger partial charge in [0.25, 0.3) is 0 Å². The van der Waals surface area contributed by atoms with Gasteiger partial charge in [0.2, 0.25) is 5.91 Å². The topological polar surface area (TPSA) is 80.9 Å². The molecule has 0 saturated heterocycles. The van der Waals surface area contributed by atoms with Gasteiger partial charge in [-0.25, -0.2) is 14.4 Å². The van der Waals surface area contributed by atoms with Crippen molar-refractivity contribution >= 4 is 38.4 Å². The first-order valence-electron chi connectivity index (χ1n) is 6.86. The normalized spacial score (nSPS) is 11.7. The third-order valence-electron chi connectivity index (χ3n) is 3.30. The van der Waals surface area contributed by atoms with Crippen LogP contribution in [-0.4, -0.2) is 15.9 Å². The largest absolute Gasteiger partial charge is 0.419 e. The van der Waals surface area contributed by atoms with Gasteiger partial charge >= 0.3 is 6.18 Å². The zero-order valence-electron chi connectivity index (χ0n) is 12.6. The maximum Gasteiger partial charge on any atom is 0.419 e. The standard InChI is InChI=1S/C15H10F4N4OS/c1-6(24)22-14-23-11-4-10(16)8(3-12(11)25-14)7-2-9(15(17,18)19)13(20)21-5-7/h2-5H,1H3,(H2,20,21)(H,22,23,24). The summed E-state index contributed by atoms with van der Waals surface area (Å²) in [6.07, 6.45) is -3.62.